The van der Waals surface area contributed by atoms with Crippen LogP contribution in [0.3, 0.4) is 0 Å². The number of nitrogens with one attached hydrogen (secondary N) is 1. The number of fused-ring (bicyclic) bond motifs is 2. The van der Waals surface area contributed by atoms with E-state index in [0.717, 1.165) is 12.1 Å². The maximum Gasteiger partial charge on any atom is 0.446 e. The number of ketones is 2. The summed E-state index contributed by atoms with van der Waals surface area (Å²) in [6, 6.07) is 16.9. The molecular weight excluding hydrogens is 779 g/mol. The number of hydrogen-bond acceptors (Lipinski definition) is 10. The second kappa shape index (κ2) is 19.9. The third-order valence-electron chi connectivity index (χ3n) is 7.04. The number of nitrogen functional groups attached to an aromatic ring is 1. The van der Waals surface area contributed by atoms with Crippen molar-refractivity contribution in [3.63, 3.8) is 0 Å². The first-order valence-electron chi connectivity index (χ1n) is 17.5. The quantitative estimate of drug-likeness (QED) is 0.0560. The minimum atomic E-state index is -4.64. The Labute approximate surface area is 335 Å². The first-order valence-corrected chi connectivity index (χ1v) is 16.8. The third kappa shape index (κ3) is 13.2. The molecule has 0 radical (unpaired) electrons. The third-order valence-corrected chi connectivity index (χ3v) is 7.04. The summed E-state index contributed by atoms with van der Waals surface area (Å²) >= 11 is 0. The summed E-state index contributed by atoms with van der Waals surface area (Å²) in [5, 5.41) is 2.42. The molecule has 0 aliphatic carbocycles. The molecule has 2 heterocycles. The van der Waals surface area contributed by atoms with Gasteiger partial charge < -0.3 is 20.2 Å². The van der Waals surface area contributed by atoms with E-state index in [1.54, 1.807) is 45.9 Å². The second-order valence-corrected chi connectivity index (χ2v) is 12.5. The van der Waals surface area contributed by atoms with Gasteiger partial charge in [0, 0.05) is 36.0 Å². The Balaban J connectivity index is 0.000000273. The molecule has 0 aliphatic heterocycles. The van der Waals surface area contributed by atoms with Gasteiger partial charge in [-0.2, -0.15) is 13.2 Å². The number of aldehydes is 1. The van der Waals surface area contributed by atoms with Crippen LogP contribution in [0.4, 0.5) is 49.8 Å². The maximum absolute atomic E-state index is 14.5. The van der Waals surface area contributed by atoms with E-state index in [1.165, 1.54) is 54.9 Å². The van der Waals surface area contributed by atoms with Crippen LogP contribution in [0.25, 0.3) is 31.8 Å². The van der Waals surface area contributed by atoms with E-state index in [2.05, 4.69) is 34.9 Å². The molecule has 1 amide bonds. The average Bonchev–Trinajstić information content (AvgIpc) is 3.19. The van der Waals surface area contributed by atoms with Crippen molar-refractivity contribution < 1.29 is 47.2 Å². The normalized spacial score (nSPS) is 10.7. The lowest BCUT2D eigenvalue weighted by molar-refractivity contribution is -0.156. The van der Waals surface area contributed by atoms with E-state index in [-0.39, 0.29) is 45.3 Å². The maximum atomic E-state index is 14.5. The SMILES string of the molecule is O=CC(F)(F)F.[2H]CC.[C-]#[N+]c1cnc2ccc(C(=O)c3ccc(N)cc3F)cc2n1.[C-]#[N+]c1cnc2ccc(C(=O)c3ccc(NC(=O)OC(C)(C)C)cc3F)cc2n1. The molecule has 4 aromatic carbocycles. The number of alkyl halides is 3. The molecule has 0 spiro atoms. The minimum absolute atomic E-state index is 0.0668. The Hall–Kier alpha value is -7.73. The van der Waals surface area contributed by atoms with Gasteiger partial charge in [0.05, 0.1) is 23.5 Å². The number of nitrogens with two attached hydrogens (primary N) is 1. The van der Waals surface area contributed by atoms with Gasteiger partial charge in [-0.3, -0.25) is 29.7 Å². The number of aromatic nitrogens is 4. The molecule has 2 aromatic heterocycles. The van der Waals surface area contributed by atoms with Gasteiger partial charge in [-0.1, -0.05) is 27.0 Å². The van der Waals surface area contributed by atoms with Crippen LogP contribution in [0.5, 0.6) is 0 Å². The molecule has 18 heteroatoms. The molecule has 0 saturated carbocycles. The van der Waals surface area contributed by atoms with Crippen molar-refractivity contribution in [3.05, 3.63) is 142 Å². The van der Waals surface area contributed by atoms with Gasteiger partial charge in [-0.25, -0.2) is 13.6 Å². The number of carbonyl (C=O) groups excluding carboxylic acids is 4. The smallest absolute Gasteiger partial charge is 0.444 e. The Morgan fingerprint density at radius 1 is 0.763 bits per heavy atom. The highest BCUT2D eigenvalue weighted by Crippen LogP contribution is 2.23. The Morgan fingerprint density at radius 2 is 1.20 bits per heavy atom. The number of halogens is 5. The largest absolute Gasteiger partial charge is 0.446 e. The predicted molar refractivity (Wildman–Crippen MR) is 209 cm³/mol. The number of ether oxygens (including phenoxy) is 1. The first kappa shape index (κ1) is 44.0. The predicted octanol–water partition coefficient (Wildman–Crippen LogP) is 9.80. The van der Waals surface area contributed by atoms with Gasteiger partial charge in [0.15, 0.2) is 22.6 Å². The summed E-state index contributed by atoms with van der Waals surface area (Å²) in [7, 11) is 0. The molecule has 0 bridgehead atoms. The zero-order valence-corrected chi connectivity index (χ0v) is 31.6. The molecule has 0 atom stereocenters. The van der Waals surface area contributed by atoms with Crippen LogP contribution in [-0.4, -0.2) is 55.7 Å². The summed E-state index contributed by atoms with van der Waals surface area (Å²) in [5.74, 6) is -2.25. The monoisotopic (exact) mass is 813 g/mol. The van der Waals surface area contributed by atoms with Gasteiger partial charge in [-0.05, 0) is 81.4 Å². The van der Waals surface area contributed by atoms with Gasteiger partial charge >= 0.3 is 12.3 Å². The number of rotatable bonds is 5. The fourth-order valence-corrected chi connectivity index (χ4v) is 4.62. The van der Waals surface area contributed by atoms with Crippen LogP contribution < -0.4 is 11.1 Å². The van der Waals surface area contributed by atoms with Crippen molar-refractivity contribution in [3.8, 4) is 0 Å². The van der Waals surface area contributed by atoms with Crippen LogP contribution >= 0.6 is 0 Å². The fraction of sp³-hybridized carbons (Fsp3) is 0.171. The summed E-state index contributed by atoms with van der Waals surface area (Å²) in [4.78, 5) is 68.4. The van der Waals surface area contributed by atoms with Crippen LogP contribution in [0, 0.1) is 24.8 Å². The molecule has 13 nitrogen and oxygen atoms in total. The number of nitrogens with zero attached hydrogens (tertiary/aromatic N) is 6. The van der Waals surface area contributed by atoms with Crippen LogP contribution in [0.15, 0.2) is 85.2 Å². The zero-order chi connectivity index (χ0) is 44.8. The number of carbonyl (C=O) groups is 4. The van der Waals surface area contributed by atoms with Crippen molar-refractivity contribution in [1.29, 1.82) is 0 Å². The number of benzene rings is 4. The van der Waals surface area contributed by atoms with Crippen LogP contribution in [0.1, 0.15) is 67.8 Å². The van der Waals surface area contributed by atoms with E-state index in [1.807, 2.05) is 0 Å². The van der Waals surface area contributed by atoms with Crippen molar-refractivity contribution in [2.45, 2.75) is 46.4 Å². The highest BCUT2D eigenvalue weighted by Gasteiger charge is 2.25. The lowest BCUT2D eigenvalue weighted by atomic mass is 10.0. The van der Waals surface area contributed by atoms with E-state index in [9.17, 15) is 36.3 Å². The van der Waals surface area contributed by atoms with Gasteiger partial charge in [0.25, 0.3) is 11.6 Å². The molecule has 6 aromatic rings. The summed E-state index contributed by atoms with van der Waals surface area (Å²) in [6.45, 7) is 21.4. The topological polar surface area (TPSA) is 176 Å². The molecular formula is C41H33F5N8O5. The van der Waals surface area contributed by atoms with E-state index >= 15 is 0 Å². The lowest BCUT2D eigenvalue weighted by Crippen LogP contribution is -2.27. The molecule has 3 N–H and O–H groups in total. The van der Waals surface area contributed by atoms with Crippen molar-refractivity contribution in [2.24, 2.45) is 0 Å². The van der Waals surface area contributed by atoms with Crippen molar-refractivity contribution in [2.75, 3.05) is 11.1 Å². The Bertz CT molecular complexity index is 2640. The van der Waals surface area contributed by atoms with E-state index in [4.69, 9.17) is 29.8 Å². The fourth-order valence-electron chi connectivity index (χ4n) is 4.62. The highest BCUT2D eigenvalue weighted by molar-refractivity contribution is 6.11. The van der Waals surface area contributed by atoms with Crippen LogP contribution in [-0.2, 0) is 9.53 Å². The average molecular weight is 814 g/mol. The van der Waals surface area contributed by atoms with E-state index < -0.39 is 47.4 Å². The molecule has 6 rings (SSSR count). The molecule has 0 aliphatic rings. The molecule has 302 valence electrons. The van der Waals surface area contributed by atoms with Crippen LogP contribution in [0.2, 0.25) is 0 Å². The lowest BCUT2D eigenvalue weighted by Gasteiger charge is -2.19. The van der Waals surface area contributed by atoms with Gasteiger partial charge in [-0.15, -0.1) is 9.97 Å². The second-order valence-electron chi connectivity index (χ2n) is 12.5. The molecule has 0 unspecified atom stereocenters. The summed E-state index contributed by atoms with van der Waals surface area (Å²) in [5.41, 5.74) is 7.31. The molecule has 0 fully saturated rings. The Kier molecular flexibility index (Phi) is 14.9. The molecule has 59 heavy (non-hydrogen) atoms. The first-order chi connectivity index (χ1) is 28.2. The minimum Gasteiger partial charge on any atom is -0.444 e. The van der Waals surface area contributed by atoms with Crippen molar-refractivity contribution in [1.82, 2.24) is 19.9 Å². The summed E-state index contributed by atoms with van der Waals surface area (Å²) in [6.07, 6.45) is -3.73. The Morgan fingerprint density at radius 3 is 1.59 bits per heavy atom. The highest BCUT2D eigenvalue weighted by atomic mass is 19.4. The van der Waals surface area contributed by atoms with E-state index in [0.29, 0.717) is 29.0 Å². The summed E-state index contributed by atoms with van der Waals surface area (Å²) < 4.78 is 71.0. The van der Waals surface area contributed by atoms with Gasteiger partial charge in [0.2, 0.25) is 6.29 Å². The number of hydrogen-bond donors (Lipinski definition) is 2. The number of amides is 1. The van der Waals surface area contributed by atoms with Crippen molar-refractivity contribution >= 4 is 69.0 Å². The zero-order valence-electron chi connectivity index (χ0n) is 32.6. The number of anilines is 2. The standard InChI is InChI=1S/C21H17FN4O3.C16H9FN4O.C2HF3O.C2H6/c1-21(2,3)29-20(28)25-13-6-7-14(15(22)10-13)19(27)12-5-8-16-17(9-12)26-18(23-4)11-24-16;1-19-15-8-20-13-5-2-9(6-14(13)21-15)16(22)11-4-3-10(18)7-12(11)17;3-2(4,5)1-6;1-2/h5-11H,1-3H3,(H,25,28);2-8H,18H2;1H;1-2H3/i;;;1D. The van der Waals surface area contributed by atoms with Gasteiger partial charge in [0.1, 0.15) is 28.3 Å². The molecule has 0 saturated heterocycles.